The van der Waals surface area contributed by atoms with E-state index in [4.69, 9.17) is 11.6 Å². The van der Waals surface area contributed by atoms with Gasteiger partial charge in [0, 0.05) is 11.6 Å². The molecule has 0 saturated heterocycles. The molecule has 2 nitrogen and oxygen atoms in total. The van der Waals surface area contributed by atoms with Gasteiger partial charge in [0.2, 0.25) is 0 Å². The van der Waals surface area contributed by atoms with Crippen LogP contribution in [0.1, 0.15) is 39.4 Å². The van der Waals surface area contributed by atoms with E-state index in [1.807, 2.05) is 24.3 Å². The largest absolute Gasteiger partial charge is 0.387 e. The van der Waals surface area contributed by atoms with Crippen LogP contribution in [0.3, 0.4) is 0 Å². The van der Waals surface area contributed by atoms with E-state index in [-0.39, 0.29) is 0 Å². The van der Waals surface area contributed by atoms with Crippen LogP contribution < -0.4 is 5.32 Å². The highest BCUT2D eigenvalue weighted by molar-refractivity contribution is 6.30. The van der Waals surface area contributed by atoms with Gasteiger partial charge >= 0.3 is 0 Å². The van der Waals surface area contributed by atoms with Gasteiger partial charge in [-0.1, -0.05) is 51.4 Å². The molecular formula is C16H24ClNO. The van der Waals surface area contributed by atoms with Gasteiger partial charge in [0.15, 0.2) is 0 Å². The number of nitrogens with one attached hydrogen (secondary N) is 1. The molecule has 1 aliphatic carbocycles. The van der Waals surface area contributed by atoms with Crippen molar-refractivity contribution >= 4 is 11.6 Å². The topological polar surface area (TPSA) is 32.3 Å². The molecule has 19 heavy (non-hydrogen) atoms. The molecule has 1 aromatic carbocycles. The summed E-state index contributed by atoms with van der Waals surface area (Å²) in [5, 5.41) is 14.2. The fourth-order valence-electron chi connectivity index (χ4n) is 3.01. The normalized spacial score (nSPS) is 22.2. The van der Waals surface area contributed by atoms with Crippen LogP contribution in [0.25, 0.3) is 0 Å². The number of benzene rings is 1. The fraction of sp³-hybridized carbons (Fsp3) is 0.625. The Bertz CT molecular complexity index is 425. The molecule has 0 aliphatic heterocycles. The number of halogens is 1. The van der Waals surface area contributed by atoms with Crippen LogP contribution in [0, 0.1) is 16.7 Å². The lowest BCUT2D eigenvalue weighted by Gasteiger charge is -2.13. The summed E-state index contributed by atoms with van der Waals surface area (Å²) < 4.78 is 0. The predicted molar refractivity (Wildman–Crippen MR) is 80.3 cm³/mol. The lowest BCUT2D eigenvalue weighted by molar-refractivity contribution is 0.173. The van der Waals surface area contributed by atoms with Crippen molar-refractivity contribution in [2.45, 2.75) is 33.8 Å². The number of rotatable bonds is 5. The highest BCUT2D eigenvalue weighted by Crippen LogP contribution is 2.67. The van der Waals surface area contributed by atoms with Crippen molar-refractivity contribution in [3.8, 4) is 0 Å². The SMILES string of the molecule is CC1(C)C(CNCC(O)c2ccc(Cl)cc2)C1(C)C. The molecule has 1 fully saturated rings. The number of hydrogen-bond acceptors (Lipinski definition) is 2. The standard InChI is InChI=1S/C16H24ClNO/c1-15(2)14(16(15,3)4)10-18-9-13(19)11-5-7-12(17)8-6-11/h5-8,13-14,18-19H,9-10H2,1-4H3. The summed E-state index contributed by atoms with van der Waals surface area (Å²) in [5.41, 5.74) is 1.70. The lowest BCUT2D eigenvalue weighted by Crippen LogP contribution is -2.25. The zero-order valence-corrected chi connectivity index (χ0v) is 13.0. The second-order valence-electron chi connectivity index (χ2n) is 6.72. The Labute approximate surface area is 121 Å². The average molecular weight is 282 g/mol. The number of aliphatic hydroxyl groups excluding tert-OH is 1. The fourth-order valence-corrected chi connectivity index (χ4v) is 3.14. The summed E-state index contributed by atoms with van der Waals surface area (Å²) in [4.78, 5) is 0. The van der Waals surface area contributed by atoms with Gasteiger partial charge in [-0.25, -0.2) is 0 Å². The Hall–Kier alpha value is -0.570. The average Bonchev–Trinajstić information content (AvgIpc) is 2.72. The summed E-state index contributed by atoms with van der Waals surface area (Å²) in [6, 6.07) is 7.37. The first-order valence-electron chi connectivity index (χ1n) is 6.91. The minimum Gasteiger partial charge on any atom is -0.387 e. The summed E-state index contributed by atoms with van der Waals surface area (Å²) in [6.45, 7) is 10.8. The van der Waals surface area contributed by atoms with E-state index >= 15 is 0 Å². The minimum absolute atomic E-state index is 0.394. The maximum atomic E-state index is 10.1. The third-order valence-electron chi connectivity index (χ3n) is 5.26. The van der Waals surface area contributed by atoms with Crippen LogP contribution in [0.5, 0.6) is 0 Å². The Balaban J connectivity index is 1.79. The molecule has 1 aliphatic rings. The Morgan fingerprint density at radius 1 is 1.16 bits per heavy atom. The van der Waals surface area contributed by atoms with Crippen molar-refractivity contribution in [1.29, 1.82) is 0 Å². The van der Waals surface area contributed by atoms with Crippen LogP contribution in [0.4, 0.5) is 0 Å². The molecular weight excluding hydrogens is 258 g/mol. The van der Waals surface area contributed by atoms with Gasteiger partial charge in [0.05, 0.1) is 6.10 Å². The summed E-state index contributed by atoms with van der Waals surface area (Å²) in [7, 11) is 0. The Morgan fingerprint density at radius 3 is 2.16 bits per heavy atom. The Morgan fingerprint density at radius 2 is 1.68 bits per heavy atom. The molecule has 0 amide bonds. The number of hydrogen-bond donors (Lipinski definition) is 2. The molecule has 0 radical (unpaired) electrons. The zero-order valence-electron chi connectivity index (χ0n) is 12.2. The van der Waals surface area contributed by atoms with Crippen molar-refractivity contribution in [3.63, 3.8) is 0 Å². The van der Waals surface area contributed by atoms with Crippen molar-refractivity contribution in [2.24, 2.45) is 16.7 Å². The molecule has 106 valence electrons. The van der Waals surface area contributed by atoms with Gasteiger partial charge in [-0.3, -0.25) is 0 Å². The van der Waals surface area contributed by atoms with E-state index < -0.39 is 6.10 Å². The van der Waals surface area contributed by atoms with E-state index in [1.165, 1.54) is 0 Å². The molecule has 1 saturated carbocycles. The molecule has 3 heteroatoms. The second kappa shape index (κ2) is 5.08. The first-order valence-corrected chi connectivity index (χ1v) is 7.29. The van der Waals surface area contributed by atoms with Crippen molar-refractivity contribution in [2.75, 3.05) is 13.1 Å². The first-order chi connectivity index (χ1) is 8.76. The van der Waals surface area contributed by atoms with Gasteiger partial charge in [0.25, 0.3) is 0 Å². The predicted octanol–water partition coefficient (Wildman–Crippen LogP) is 3.65. The van der Waals surface area contributed by atoms with Crippen molar-refractivity contribution < 1.29 is 5.11 Å². The molecule has 0 spiro atoms. The van der Waals surface area contributed by atoms with Gasteiger partial charge < -0.3 is 10.4 Å². The van der Waals surface area contributed by atoms with E-state index in [0.29, 0.717) is 28.3 Å². The third-order valence-corrected chi connectivity index (χ3v) is 5.51. The molecule has 2 N–H and O–H groups in total. The van der Waals surface area contributed by atoms with Crippen LogP contribution in [-0.4, -0.2) is 18.2 Å². The monoisotopic (exact) mass is 281 g/mol. The molecule has 0 heterocycles. The van der Waals surface area contributed by atoms with Crippen LogP contribution in [0.15, 0.2) is 24.3 Å². The molecule has 0 bridgehead atoms. The van der Waals surface area contributed by atoms with Gasteiger partial charge in [-0.05, 0) is 41.0 Å². The van der Waals surface area contributed by atoms with Crippen LogP contribution >= 0.6 is 11.6 Å². The van der Waals surface area contributed by atoms with E-state index in [2.05, 4.69) is 33.0 Å². The second-order valence-corrected chi connectivity index (χ2v) is 7.16. The summed E-state index contributed by atoms with van der Waals surface area (Å²) >= 11 is 5.84. The lowest BCUT2D eigenvalue weighted by atomic mass is 10.0. The Kier molecular flexibility index (Phi) is 3.97. The van der Waals surface area contributed by atoms with E-state index in [9.17, 15) is 5.11 Å². The number of aliphatic hydroxyl groups is 1. The molecule has 2 rings (SSSR count). The molecule has 0 aromatic heterocycles. The van der Waals surface area contributed by atoms with Gasteiger partial charge in [-0.2, -0.15) is 0 Å². The van der Waals surface area contributed by atoms with Gasteiger partial charge in [0.1, 0.15) is 0 Å². The first kappa shape index (κ1) is 14.8. The van der Waals surface area contributed by atoms with E-state index in [0.717, 1.165) is 12.1 Å². The quantitative estimate of drug-likeness (QED) is 0.864. The highest BCUT2D eigenvalue weighted by Gasteiger charge is 2.63. The maximum Gasteiger partial charge on any atom is 0.0914 e. The van der Waals surface area contributed by atoms with Crippen LogP contribution in [-0.2, 0) is 0 Å². The minimum atomic E-state index is -0.470. The molecule has 1 aromatic rings. The van der Waals surface area contributed by atoms with Crippen molar-refractivity contribution in [3.05, 3.63) is 34.9 Å². The van der Waals surface area contributed by atoms with Crippen LogP contribution in [0.2, 0.25) is 5.02 Å². The molecule has 1 atom stereocenters. The summed E-state index contributed by atoms with van der Waals surface area (Å²) in [5.74, 6) is 0.678. The van der Waals surface area contributed by atoms with E-state index in [1.54, 1.807) is 0 Å². The summed E-state index contributed by atoms with van der Waals surface area (Å²) in [6.07, 6.45) is -0.470. The third kappa shape index (κ3) is 2.81. The molecule has 1 unspecified atom stereocenters. The highest BCUT2D eigenvalue weighted by atomic mass is 35.5. The zero-order chi connectivity index (χ0) is 14.3. The van der Waals surface area contributed by atoms with Gasteiger partial charge in [-0.15, -0.1) is 0 Å². The smallest absolute Gasteiger partial charge is 0.0914 e. The maximum absolute atomic E-state index is 10.1. The van der Waals surface area contributed by atoms with Crippen molar-refractivity contribution in [1.82, 2.24) is 5.32 Å².